The third-order valence-electron chi connectivity index (χ3n) is 1.56. The fourth-order valence-corrected chi connectivity index (χ4v) is 0.872. The molecule has 0 N–H and O–H groups in total. The van der Waals surface area contributed by atoms with E-state index in [9.17, 15) is 4.79 Å². The van der Waals surface area contributed by atoms with Crippen LogP contribution in [-0.2, 0) is 4.74 Å². The third-order valence-corrected chi connectivity index (χ3v) is 1.56. The van der Waals surface area contributed by atoms with Gasteiger partial charge in [0, 0.05) is 0 Å². The molecular weight excluding hydrogens is 180 g/mol. The molecule has 14 heavy (non-hydrogen) atoms. The lowest BCUT2D eigenvalue weighted by molar-refractivity contribution is 0.0982. The summed E-state index contributed by atoms with van der Waals surface area (Å²) < 4.78 is 9.66. The third kappa shape index (κ3) is 3.94. The molecule has 0 aromatic heterocycles. The van der Waals surface area contributed by atoms with Crippen LogP contribution in [0.4, 0.5) is 4.79 Å². The van der Waals surface area contributed by atoms with Gasteiger partial charge in [-0.2, -0.15) is 0 Å². The predicted molar refractivity (Wildman–Crippen MR) is 53.0 cm³/mol. The number of carbonyl (C=O) groups excluding carboxylic acids is 1. The van der Waals surface area contributed by atoms with Gasteiger partial charge >= 0.3 is 6.16 Å². The lowest BCUT2D eigenvalue weighted by Crippen LogP contribution is -2.11. The molecule has 3 nitrogen and oxygen atoms in total. The first-order valence-electron chi connectivity index (χ1n) is 4.52. The van der Waals surface area contributed by atoms with Crippen molar-refractivity contribution in [3.8, 4) is 5.75 Å². The van der Waals surface area contributed by atoms with Gasteiger partial charge in [0.05, 0.1) is 6.61 Å². The first kappa shape index (κ1) is 10.6. The van der Waals surface area contributed by atoms with Gasteiger partial charge in [-0.15, -0.1) is 0 Å². The van der Waals surface area contributed by atoms with Crippen molar-refractivity contribution in [2.24, 2.45) is 0 Å². The summed E-state index contributed by atoms with van der Waals surface area (Å²) in [6.07, 6.45) is 0.840. The van der Waals surface area contributed by atoms with Gasteiger partial charge in [0.1, 0.15) is 5.75 Å². The largest absolute Gasteiger partial charge is 0.513 e. The second kappa shape index (κ2) is 6.02. The van der Waals surface area contributed by atoms with Crippen LogP contribution in [0.1, 0.15) is 12.8 Å². The SMILES string of the molecule is [CH2]CCCOC(=O)Oc1ccccc1. The van der Waals surface area contributed by atoms with Gasteiger partial charge in [-0.3, -0.25) is 0 Å². The van der Waals surface area contributed by atoms with E-state index in [2.05, 4.69) is 6.92 Å². The molecule has 0 aliphatic rings. The molecular formula is C11H13O3. The van der Waals surface area contributed by atoms with E-state index in [0.717, 1.165) is 12.8 Å². The zero-order valence-corrected chi connectivity index (χ0v) is 7.94. The van der Waals surface area contributed by atoms with Crippen LogP contribution < -0.4 is 4.74 Å². The van der Waals surface area contributed by atoms with Crippen LogP contribution in [-0.4, -0.2) is 12.8 Å². The average Bonchev–Trinajstić information content (AvgIpc) is 2.20. The van der Waals surface area contributed by atoms with E-state index in [1.165, 1.54) is 0 Å². The Morgan fingerprint density at radius 3 is 2.64 bits per heavy atom. The maximum Gasteiger partial charge on any atom is 0.513 e. The fraction of sp³-hybridized carbons (Fsp3) is 0.273. The van der Waals surface area contributed by atoms with Crippen LogP contribution in [0.3, 0.4) is 0 Å². The van der Waals surface area contributed by atoms with E-state index in [-0.39, 0.29) is 0 Å². The second-order valence-electron chi connectivity index (χ2n) is 2.72. The van der Waals surface area contributed by atoms with Crippen molar-refractivity contribution in [3.63, 3.8) is 0 Å². The summed E-state index contributed by atoms with van der Waals surface area (Å²) in [4.78, 5) is 11.0. The smallest absolute Gasteiger partial charge is 0.434 e. The van der Waals surface area contributed by atoms with Gasteiger partial charge in [0.2, 0.25) is 0 Å². The van der Waals surface area contributed by atoms with Crippen LogP contribution >= 0.6 is 0 Å². The van der Waals surface area contributed by atoms with E-state index in [0.29, 0.717) is 12.4 Å². The molecule has 0 saturated heterocycles. The molecule has 0 atom stereocenters. The Morgan fingerprint density at radius 2 is 2.00 bits per heavy atom. The maximum absolute atomic E-state index is 11.0. The van der Waals surface area contributed by atoms with Gasteiger partial charge in [0.15, 0.2) is 0 Å². The van der Waals surface area contributed by atoms with Gasteiger partial charge in [-0.05, 0) is 18.6 Å². The molecule has 0 fully saturated rings. The van der Waals surface area contributed by atoms with Crippen molar-refractivity contribution in [1.82, 2.24) is 0 Å². The first-order valence-corrected chi connectivity index (χ1v) is 4.52. The molecule has 0 heterocycles. The number of hydrogen-bond donors (Lipinski definition) is 0. The number of para-hydroxylation sites is 1. The van der Waals surface area contributed by atoms with Crippen molar-refractivity contribution < 1.29 is 14.3 Å². The molecule has 0 aliphatic carbocycles. The minimum atomic E-state index is -0.662. The van der Waals surface area contributed by atoms with Gasteiger partial charge in [-0.25, -0.2) is 4.79 Å². The minimum Gasteiger partial charge on any atom is -0.434 e. The Morgan fingerprint density at radius 1 is 1.29 bits per heavy atom. The van der Waals surface area contributed by atoms with Gasteiger partial charge in [-0.1, -0.05) is 31.5 Å². The summed E-state index contributed by atoms with van der Waals surface area (Å²) in [6.45, 7) is 3.99. The Bertz CT molecular complexity index is 269. The molecule has 0 saturated carbocycles. The quantitative estimate of drug-likeness (QED) is 0.419. The topological polar surface area (TPSA) is 35.5 Å². The number of hydrogen-bond acceptors (Lipinski definition) is 3. The standard InChI is InChI=1S/C11H13O3/c1-2-3-9-13-11(12)14-10-7-5-4-6-8-10/h4-8H,1-3,9H2. The van der Waals surface area contributed by atoms with E-state index in [4.69, 9.17) is 9.47 Å². The first-order chi connectivity index (χ1) is 6.83. The molecule has 0 unspecified atom stereocenters. The Labute approximate surface area is 83.6 Å². The number of benzene rings is 1. The average molecular weight is 193 g/mol. The fourth-order valence-electron chi connectivity index (χ4n) is 0.872. The summed E-state index contributed by atoms with van der Waals surface area (Å²) in [5, 5.41) is 0. The Hall–Kier alpha value is -1.51. The monoisotopic (exact) mass is 193 g/mol. The molecule has 0 aliphatic heterocycles. The molecule has 0 bridgehead atoms. The highest BCUT2D eigenvalue weighted by Crippen LogP contribution is 2.09. The summed E-state index contributed by atoms with van der Waals surface area (Å²) in [5.74, 6) is 0.493. The van der Waals surface area contributed by atoms with Crippen molar-refractivity contribution >= 4 is 6.16 Å². The molecule has 0 amide bonds. The van der Waals surface area contributed by atoms with Crippen LogP contribution in [0.2, 0.25) is 0 Å². The number of rotatable bonds is 4. The van der Waals surface area contributed by atoms with Crippen LogP contribution in [0.15, 0.2) is 30.3 Å². The highest BCUT2D eigenvalue weighted by atomic mass is 16.7. The van der Waals surface area contributed by atoms with E-state index in [1.54, 1.807) is 24.3 Å². The van der Waals surface area contributed by atoms with Crippen molar-refractivity contribution in [2.75, 3.05) is 6.61 Å². The predicted octanol–water partition coefficient (Wildman–Crippen LogP) is 2.82. The van der Waals surface area contributed by atoms with E-state index < -0.39 is 6.16 Å². The van der Waals surface area contributed by atoms with Gasteiger partial charge in [0.25, 0.3) is 0 Å². The van der Waals surface area contributed by atoms with E-state index >= 15 is 0 Å². The summed E-state index contributed by atoms with van der Waals surface area (Å²) in [5.41, 5.74) is 0. The number of ether oxygens (including phenoxy) is 2. The molecule has 75 valence electrons. The lowest BCUT2D eigenvalue weighted by atomic mass is 10.3. The maximum atomic E-state index is 11.0. The Balaban J connectivity index is 2.27. The molecule has 1 rings (SSSR count). The highest BCUT2D eigenvalue weighted by Gasteiger charge is 2.03. The van der Waals surface area contributed by atoms with Crippen LogP contribution in [0.5, 0.6) is 5.75 Å². The molecule has 0 spiro atoms. The number of unbranched alkanes of at least 4 members (excludes halogenated alkanes) is 1. The van der Waals surface area contributed by atoms with Gasteiger partial charge < -0.3 is 9.47 Å². The molecule has 1 radical (unpaired) electrons. The summed E-state index contributed by atoms with van der Waals surface area (Å²) in [6, 6.07) is 8.82. The minimum absolute atomic E-state index is 0.356. The zero-order chi connectivity index (χ0) is 10.2. The molecule has 3 heteroatoms. The summed E-state index contributed by atoms with van der Waals surface area (Å²) in [7, 11) is 0. The highest BCUT2D eigenvalue weighted by molar-refractivity contribution is 5.63. The van der Waals surface area contributed by atoms with Crippen molar-refractivity contribution in [2.45, 2.75) is 12.8 Å². The summed E-state index contributed by atoms with van der Waals surface area (Å²) >= 11 is 0. The number of carbonyl (C=O) groups is 1. The van der Waals surface area contributed by atoms with E-state index in [1.807, 2.05) is 6.07 Å². The van der Waals surface area contributed by atoms with Crippen LogP contribution in [0.25, 0.3) is 0 Å². The normalized spacial score (nSPS) is 9.50. The zero-order valence-electron chi connectivity index (χ0n) is 7.94. The Kier molecular flexibility index (Phi) is 4.55. The van der Waals surface area contributed by atoms with Crippen molar-refractivity contribution in [3.05, 3.63) is 37.3 Å². The second-order valence-corrected chi connectivity index (χ2v) is 2.72. The van der Waals surface area contributed by atoms with Crippen LogP contribution in [0, 0.1) is 6.92 Å². The van der Waals surface area contributed by atoms with Crippen molar-refractivity contribution in [1.29, 1.82) is 0 Å². The lowest BCUT2D eigenvalue weighted by Gasteiger charge is -2.04. The molecule has 1 aromatic carbocycles. The molecule has 1 aromatic rings.